The van der Waals surface area contributed by atoms with Crippen molar-refractivity contribution in [1.82, 2.24) is 0 Å². The average molecular weight is 1190 g/mol. The summed E-state index contributed by atoms with van der Waals surface area (Å²) >= 11 is 0. The van der Waals surface area contributed by atoms with Crippen molar-refractivity contribution in [3.63, 3.8) is 0 Å². The van der Waals surface area contributed by atoms with Crippen LogP contribution in [0.4, 0.5) is 0 Å². The molecule has 0 bridgehead atoms. The largest absolute Gasteiger partial charge is 0.0654 e. The Morgan fingerprint density at radius 2 is 0.750 bits per heavy atom. The zero-order chi connectivity index (χ0) is 67.0. The summed E-state index contributed by atoms with van der Waals surface area (Å²) in [7, 11) is 0. The Bertz CT molecular complexity index is 1140. The number of rotatable bonds is 18. The zero-order valence-corrected chi connectivity index (χ0v) is 67.0. The molecule has 5 saturated carbocycles. The van der Waals surface area contributed by atoms with Gasteiger partial charge >= 0.3 is 0 Å². The van der Waals surface area contributed by atoms with Crippen LogP contribution in [0, 0.1) is 92.7 Å². The van der Waals surface area contributed by atoms with E-state index >= 15 is 0 Å². The van der Waals surface area contributed by atoms with Crippen LogP contribution in [-0.2, 0) is 0 Å². The summed E-state index contributed by atoms with van der Waals surface area (Å²) in [5, 5.41) is 0. The van der Waals surface area contributed by atoms with Gasteiger partial charge in [0.25, 0.3) is 0 Å². The molecule has 0 radical (unpaired) electrons. The topological polar surface area (TPSA) is 0 Å². The van der Waals surface area contributed by atoms with E-state index in [1.807, 2.05) is 0 Å². The van der Waals surface area contributed by atoms with Crippen molar-refractivity contribution in [2.75, 3.05) is 0 Å². The Morgan fingerprint density at radius 3 is 0.869 bits per heavy atom. The zero-order valence-electron chi connectivity index (χ0n) is 67.0. The van der Waals surface area contributed by atoms with Crippen molar-refractivity contribution >= 4 is 0 Å². The lowest BCUT2D eigenvalue weighted by Gasteiger charge is -2.31. The first kappa shape index (κ1) is 97.6. The Kier molecular flexibility index (Phi) is 73.4. The van der Waals surface area contributed by atoms with Crippen LogP contribution in [0.5, 0.6) is 0 Å². The molecule has 0 heterocycles. The van der Waals surface area contributed by atoms with Crippen molar-refractivity contribution < 1.29 is 0 Å². The second-order valence-corrected chi connectivity index (χ2v) is 33.6. The Hall–Kier alpha value is 0. The molecule has 0 aromatic rings. The monoisotopic (exact) mass is 1190 g/mol. The van der Waals surface area contributed by atoms with Gasteiger partial charge in [-0.05, 0) is 125 Å². The normalized spacial score (nSPS) is 21.1. The molecule has 518 valence electrons. The first-order valence-corrected chi connectivity index (χ1v) is 38.9. The smallest absolute Gasteiger partial charge is 0.0323 e. The minimum Gasteiger partial charge on any atom is -0.0654 e. The van der Waals surface area contributed by atoms with E-state index < -0.39 is 0 Å². The van der Waals surface area contributed by atoms with Gasteiger partial charge in [0, 0.05) is 0 Å². The van der Waals surface area contributed by atoms with Gasteiger partial charge in [0.2, 0.25) is 0 Å². The van der Waals surface area contributed by atoms with Crippen molar-refractivity contribution in [3.8, 4) is 0 Å². The molecule has 0 aromatic heterocycles. The van der Waals surface area contributed by atoms with E-state index in [0.717, 1.165) is 71.0 Å². The second kappa shape index (κ2) is 63.2. The average Bonchev–Trinajstić information content (AvgIpc) is 4.16. The van der Waals surface area contributed by atoms with Gasteiger partial charge in [0.05, 0.1) is 0 Å². The van der Waals surface area contributed by atoms with Gasteiger partial charge in [-0.15, -0.1) is 0 Å². The summed E-state index contributed by atoms with van der Waals surface area (Å²) in [5.74, 6) is 11.6. The number of hydrogen-bond acceptors (Lipinski definition) is 0. The lowest BCUT2D eigenvalue weighted by molar-refractivity contribution is 0.179. The van der Waals surface area contributed by atoms with Crippen LogP contribution in [0.3, 0.4) is 0 Å². The molecule has 0 spiro atoms. The van der Waals surface area contributed by atoms with Crippen molar-refractivity contribution in [2.45, 2.75) is 454 Å². The summed E-state index contributed by atoms with van der Waals surface area (Å²) < 4.78 is 0. The second-order valence-electron chi connectivity index (χ2n) is 33.6. The molecule has 5 aliphatic carbocycles. The molecular weight excluding hydrogens is 1010 g/mol. The maximum Gasteiger partial charge on any atom is -0.0323 e. The Labute approximate surface area is 543 Å². The number of hydrogen-bond donors (Lipinski definition) is 0. The quantitative estimate of drug-likeness (QED) is 0.120. The predicted molar refractivity (Wildman–Crippen MR) is 402 cm³/mol. The molecule has 0 nitrogen and oxygen atoms in total. The molecular formula is C84H182. The molecule has 5 aliphatic rings. The van der Waals surface area contributed by atoms with Gasteiger partial charge in [0.15, 0.2) is 0 Å². The lowest BCUT2D eigenvalue weighted by Crippen LogP contribution is -2.24. The van der Waals surface area contributed by atoms with Gasteiger partial charge < -0.3 is 0 Å². The highest BCUT2D eigenvalue weighted by atomic mass is 14.5. The van der Waals surface area contributed by atoms with Gasteiger partial charge in [-0.1, -0.05) is 422 Å². The molecule has 0 heteroatoms. The van der Waals surface area contributed by atoms with Crippen LogP contribution in [0.25, 0.3) is 0 Å². The predicted octanol–water partition coefficient (Wildman–Crippen LogP) is 32.2. The maximum absolute atomic E-state index is 2.40. The summed E-state index contributed by atoms with van der Waals surface area (Å²) in [4.78, 5) is 0. The molecule has 0 aromatic carbocycles. The van der Waals surface area contributed by atoms with E-state index in [2.05, 4.69) is 235 Å². The lowest BCUT2D eigenvalue weighted by atomic mass is 9.74. The SMILES string of the molecule is CC1C(C)(C)CCC1(C)C.CC1CC(C)C(C)C1.CC1CCCCC1.CCC(C)(C)C.CCC(C)CC.CCCC(C)C.CCCC(C)C.CCCC1CC1.CCCCC(C)C.CCCCCCC.CCC[C@H](C)CC.C[C@@H]1CCCC1(C)C. The first-order valence-electron chi connectivity index (χ1n) is 38.9. The molecule has 5 rings (SSSR count). The van der Waals surface area contributed by atoms with Crippen molar-refractivity contribution in [3.05, 3.63) is 0 Å². The van der Waals surface area contributed by atoms with E-state index in [1.165, 1.54) is 218 Å². The molecule has 0 saturated heterocycles. The van der Waals surface area contributed by atoms with E-state index in [-0.39, 0.29) is 0 Å². The van der Waals surface area contributed by atoms with Gasteiger partial charge in [-0.25, -0.2) is 0 Å². The van der Waals surface area contributed by atoms with Crippen LogP contribution >= 0.6 is 0 Å². The van der Waals surface area contributed by atoms with Crippen LogP contribution in [0.2, 0.25) is 0 Å². The summed E-state index contributed by atoms with van der Waals surface area (Å²) in [5.41, 5.74) is 2.37. The maximum atomic E-state index is 2.40. The van der Waals surface area contributed by atoms with Crippen molar-refractivity contribution in [2.24, 2.45) is 92.7 Å². The Balaban J connectivity index is -0.000000155. The van der Waals surface area contributed by atoms with Gasteiger partial charge in [-0.3, -0.25) is 0 Å². The summed E-state index contributed by atoms with van der Waals surface area (Å²) in [6.45, 7) is 78.0. The highest BCUT2D eigenvalue weighted by Gasteiger charge is 2.43. The Morgan fingerprint density at radius 1 is 0.369 bits per heavy atom. The van der Waals surface area contributed by atoms with E-state index in [1.54, 1.807) is 0 Å². The standard InChI is InChI=1S/C10H20.2C8H16.C7H14.3C7H16.C6H12.4C6H14/c1-8-9(2,3)6-7-10(8,4)5;1-6-4-7(2)8(3)5-6;1-7-5-4-6-8(7,2)3;1-7-5-3-2-4-6-7;1-4-5-6-7(2)3;1-4-6-7(3)5-2;1-3-5-7-6-4-2;1-2-3-6-4-5-6;1-5-6(2,3)4;2*1-4-5-6(2)3;1-4-6(3)5-2/h8H,6-7H2,1-5H3;6-8H,4-5H2,1-3H3;7H,4-6H2,1-3H3;7H,2-6H2,1H3;2*7H,4-6H2,1-3H3;3-7H2,1-2H3;6H,2-5H2,1H3;5H2,1-4H3;3*6H,4-5H2,1-3H3/t;;7-;;;7-;;;;;;/m..1..1....../s1. The molecule has 84 heavy (non-hydrogen) atoms. The van der Waals surface area contributed by atoms with Gasteiger partial charge in [-0.2, -0.15) is 0 Å². The summed E-state index contributed by atoms with van der Waals surface area (Å²) in [6.07, 6.45) is 48.0. The molecule has 0 aliphatic heterocycles. The first-order chi connectivity index (χ1) is 38.9. The molecule has 2 unspecified atom stereocenters. The number of unbranched alkanes of at least 4 members (excludes halogenated alkanes) is 5. The highest BCUT2D eigenvalue weighted by Crippen LogP contribution is 2.53. The van der Waals surface area contributed by atoms with Crippen LogP contribution < -0.4 is 0 Å². The third kappa shape index (κ3) is 76.2. The van der Waals surface area contributed by atoms with Crippen LogP contribution in [-0.4, -0.2) is 0 Å². The minimum absolute atomic E-state index is 0.542. The van der Waals surface area contributed by atoms with E-state index in [4.69, 9.17) is 0 Å². The molecule has 4 atom stereocenters. The molecule has 0 amide bonds. The fourth-order valence-corrected chi connectivity index (χ4v) is 11.0. The van der Waals surface area contributed by atoms with Crippen molar-refractivity contribution in [1.29, 1.82) is 0 Å². The van der Waals surface area contributed by atoms with E-state index in [9.17, 15) is 0 Å². The fourth-order valence-electron chi connectivity index (χ4n) is 11.0. The minimum atomic E-state index is 0.542. The highest BCUT2D eigenvalue weighted by molar-refractivity contribution is 4.93. The molecule has 5 fully saturated rings. The summed E-state index contributed by atoms with van der Waals surface area (Å²) in [6, 6.07) is 0. The fraction of sp³-hybridized carbons (Fsp3) is 1.00. The van der Waals surface area contributed by atoms with Crippen LogP contribution in [0.15, 0.2) is 0 Å². The van der Waals surface area contributed by atoms with Crippen LogP contribution in [0.1, 0.15) is 454 Å². The van der Waals surface area contributed by atoms with E-state index in [0.29, 0.717) is 21.7 Å². The molecule has 0 N–H and O–H groups in total. The van der Waals surface area contributed by atoms with Gasteiger partial charge in [0.1, 0.15) is 0 Å². The third-order valence-electron chi connectivity index (χ3n) is 20.4. The third-order valence-corrected chi connectivity index (χ3v) is 20.4.